The van der Waals surface area contributed by atoms with Crippen molar-refractivity contribution in [3.05, 3.63) is 47.8 Å². The van der Waals surface area contributed by atoms with Crippen LogP contribution in [0.3, 0.4) is 0 Å². The average molecular weight is 456 g/mol. The van der Waals surface area contributed by atoms with Crippen LogP contribution in [-0.4, -0.2) is 53.1 Å². The molecule has 2 aromatic heterocycles. The number of hydrazone groups is 1. The van der Waals surface area contributed by atoms with Gasteiger partial charge in [0.1, 0.15) is 5.52 Å². The molecule has 1 aliphatic carbocycles. The van der Waals surface area contributed by atoms with Crippen molar-refractivity contribution in [1.29, 1.82) is 5.26 Å². The number of nitrogens with zero attached hydrogens (tertiary/aromatic N) is 7. The highest BCUT2D eigenvalue weighted by atomic mass is 16.5. The topological polar surface area (TPSA) is 82.6 Å². The third-order valence-corrected chi connectivity index (χ3v) is 7.10. The number of fused-ring (bicyclic) bond motifs is 1. The number of hydrogen-bond donors (Lipinski definition) is 0. The first-order valence-electron chi connectivity index (χ1n) is 12.2. The van der Waals surface area contributed by atoms with Crippen molar-refractivity contribution < 1.29 is 4.74 Å². The maximum atomic E-state index is 9.65. The van der Waals surface area contributed by atoms with Crippen molar-refractivity contribution in [2.45, 2.75) is 39.2 Å². The number of aryl methyl sites for hydroxylation is 1. The zero-order valence-electron chi connectivity index (χ0n) is 19.6. The fourth-order valence-corrected chi connectivity index (χ4v) is 4.92. The fourth-order valence-electron chi connectivity index (χ4n) is 4.92. The van der Waals surface area contributed by atoms with Crippen LogP contribution in [0.1, 0.15) is 36.8 Å². The molecule has 8 heteroatoms. The Morgan fingerprint density at radius 3 is 2.76 bits per heavy atom. The molecule has 174 valence electrons. The number of imidazole rings is 1. The van der Waals surface area contributed by atoms with Gasteiger partial charge in [-0.25, -0.2) is 15.0 Å². The maximum absolute atomic E-state index is 9.65. The van der Waals surface area contributed by atoms with Gasteiger partial charge in [0.25, 0.3) is 0 Å². The number of aromatic nitrogens is 3. The zero-order valence-corrected chi connectivity index (χ0v) is 19.6. The summed E-state index contributed by atoms with van der Waals surface area (Å²) < 4.78 is 7.66. The monoisotopic (exact) mass is 455 g/mol. The van der Waals surface area contributed by atoms with E-state index in [0.717, 1.165) is 73.7 Å². The van der Waals surface area contributed by atoms with Crippen LogP contribution in [0.4, 0.5) is 11.5 Å². The van der Waals surface area contributed by atoms with Gasteiger partial charge < -0.3 is 14.2 Å². The summed E-state index contributed by atoms with van der Waals surface area (Å²) in [6.07, 6.45) is 5.71. The SMILES string of the molecule is Cc1cccc(C2=NN(c3cc(N4CCOCC4)c4ncn(CC5(C#N)CC5)c4n3)CCC2)c1. The summed E-state index contributed by atoms with van der Waals surface area (Å²) in [5.74, 6) is 0.836. The second-order valence-electron chi connectivity index (χ2n) is 9.68. The molecule has 4 heterocycles. The van der Waals surface area contributed by atoms with Gasteiger partial charge in [0.15, 0.2) is 11.5 Å². The van der Waals surface area contributed by atoms with Crippen molar-refractivity contribution in [3.63, 3.8) is 0 Å². The van der Waals surface area contributed by atoms with Crippen LogP contribution in [0.15, 0.2) is 41.8 Å². The van der Waals surface area contributed by atoms with E-state index in [2.05, 4.69) is 52.8 Å². The smallest absolute Gasteiger partial charge is 0.164 e. The minimum Gasteiger partial charge on any atom is -0.378 e. The number of pyridine rings is 1. The van der Waals surface area contributed by atoms with Crippen LogP contribution in [0.5, 0.6) is 0 Å². The molecule has 0 spiro atoms. The number of rotatable bonds is 5. The van der Waals surface area contributed by atoms with Crippen LogP contribution in [-0.2, 0) is 11.3 Å². The lowest BCUT2D eigenvalue weighted by Gasteiger charge is -2.30. The molecule has 0 unspecified atom stereocenters. The number of ether oxygens (including phenoxy) is 1. The number of morpholine rings is 1. The highest BCUT2D eigenvalue weighted by Crippen LogP contribution is 2.47. The van der Waals surface area contributed by atoms with E-state index in [9.17, 15) is 5.26 Å². The van der Waals surface area contributed by atoms with Gasteiger partial charge in [0.05, 0.1) is 42.4 Å². The van der Waals surface area contributed by atoms with Gasteiger partial charge in [-0.15, -0.1) is 0 Å². The number of hydrogen-bond acceptors (Lipinski definition) is 7. The van der Waals surface area contributed by atoms with Gasteiger partial charge in [-0.2, -0.15) is 10.4 Å². The summed E-state index contributed by atoms with van der Waals surface area (Å²) in [5.41, 5.74) is 6.03. The molecule has 2 fully saturated rings. The Bertz CT molecular complexity index is 1290. The fraction of sp³-hybridized carbons (Fsp3) is 0.462. The molecule has 0 N–H and O–H groups in total. The van der Waals surface area contributed by atoms with Crippen LogP contribution in [0.2, 0.25) is 0 Å². The van der Waals surface area contributed by atoms with Crippen LogP contribution in [0, 0.1) is 23.7 Å². The molecule has 2 aliphatic heterocycles. The molecule has 0 bridgehead atoms. The molecular weight excluding hydrogens is 426 g/mol. The molecule has 34 heavy (non-hydrogen) atoms. The standard InChI is InChI=1S/C26H29N7O/c1-19-4-2-5-20(14-19)21-6-3-9-33(30-21)23-15-22(31-10-12-34-13-11-31)24-25(29-23)32(18-28-24)17-26(16-27)7-8-26/h2,4-5,14-15,18H,3,6-13,17H2,1H3. The van der Waals surface area contributed by atoms with Crippen LogP contribution < -0.4 is 9.91 Å². The highest BCUT2D eigenvalue weighted by molar-refractivity contribution is 6.01. The summed E-state index contributed by atoms with van der Waals surface area (Å²) in [6, 6.07) is 13.2. The molecule has 0 atom stereocenters. The van der Waals surface area contributed by atoms with Gasteiger partial charge in [-0.3, -0.25) is 0 Å². The zero-order chi connectivity index (χ0) is 23.1. The lowest BCUT2D eigenvalue weighted by molar-refractivity contribution is 0.123. The lowest BCUT2D eigenvalue weighted by Crippen LogP contribution is -2.36. The molecule has 1 saturated heterocycles. The van der Waals surface area contributed by atoms with E-state index < -0.39 is 0 Å². The van der Waals surface area contributed by atoms with Gasteiger partial charge in [-0.05, 0) is 38.2 Å². The van der Waals surface area contributed by atoms with Crippen molar-refractivity contribution >= 4 is 28.4 Å². The van der Waals surface area contributed by atoms with E-state index in [-0.39, 0.29) is 5.41 Å². The van der Waals surface area contributed by atoms with Gasteiger partial charge >= 0.3 is 0 Å². The Morgan fingerprint density at radius 2 is 2.00 bits per heavy atom. The second-order valence-corrected chi connectivity index (χ2v) is 9.68. The summed E-state index contributed by atoms with van der Waals surface area (Å²) in [7, 11) is 0. The maximum Gasteiger partial charge on any atom is 0.164 e. The minimum absolute atomic E-state index is 0.272. The van der Waals surface area contributed by atoms with E-state index in [1.165, 1.54) is 11.1 Å². The van der Waals surface area contributed by atoms with Crippen LogP contribution >= 0.6 is 0 Å². The predicted molar refractivity (Wildman–Crippen MR) is 132 cm³/mol. The first kappa shape index (κ1) is 21.1. The molecule has 6 rings (SSSR count). The third-order valence-electron chi connectivity index (χ3n) is 7.10. The van der Waals surface area contributed by atoms with E-state index >= 15 is 0 Å². The Balaban J connectivity index is 1.43. The minimum atomic E-state index is -0.272. The summed E-state index contributed by atoms with van der Waals surface area (Å²) in [5, 5.41) is 16.7. The largest absolute Gasteiger partial charge is 0.378 e. The van der Waals surface area contributed by atoms with E-state index in [1.54, 1.807) is 0 Å². The third kappa shape index (κ3) is 3.90. The highest BCUT2D eigenvalue weighted by Gasteiger charge is 2.44. The van der Waals surface area contributed by atoms with E-state index in [4.69, 9.17) is 19.8 Å². The second kappa shape index (κ2) is 8.41. The predicted octanol–water partition coefficient (Wildman–Crippen LogP) is 3.88. The number of benzene rings is 1. The van der Waals surface area contributed by atoms with Crippen molar-refractivity contribution in [2.75, 3.05) is 42.8 Å². The van der Waals surface area contributed by atoms with Crippen molar-refractivity contribution in [2.24, 2.45) is 10.5 Å². The Labute approximate surface area is 199 Å². The quantitative estimate of drug-likeness (QED) is 0.581. The molecule has 3 aromatic rings. The van der Waals surface area contributed by atoms with E-state index in [1.807, 2.05) is 11.3 Å². The molecule has 0 amide bonds. The molecule has 0 radical (unpaired) electrons. The van der Waals surface area contributed by atoms with Crippen LogP contribution in [0.25, 0.3) is 11.2 Å². The Hall–Kier alpha value is -3.44. The molecule has 3 aliphatic rings. The summed E-state index contributed by atoms with van der Waals surface area (Å²) in [4.78, 5) is 12.1. The number of nitriles is 1. The Kier molecular flexibility index (Phi) is 5.22. The van der Waals surface area contributed by atoms with Crippen molar-refractivity contribution in [1.82, 2.24) is 14.5 Å². The first-order chi connectivity index (χ1) is 16.6. The molecule has 1 saturated carbocycles. The molecule has 1 aromatic carbocycles. The molecular formula is C26H29N7O. The van der Waals surface area contributed by atoms with Gasteiger partial charge in [0, 0.05) is 32.2 Å². The van der Waals surface area contributed by atoms with Gasteiger partial charge in [-0.1, -0.05) is 29.8 Å². The average Bonchev–Trinajstić information content (AvgIpc) is 3.56. The van der Waals surface area contributed by atoms with E-state index in [0.29, 0.717) is 19.8 Å². The summed E-state index contributed by atoms with van der Waals surface area (Å²) >= 11 is 0. The number of anilines is 2. The van der Waals surface area contributed by atoms with Gasteiger partial charge in [0.2, 0.25) is 0 Å². The molecule has 8 nitrogen and oxygen atoms in total. The lowest BCUT2D eigenvalue weighted by atomic mass is 10.0. The summed E-state index contributed by atoms with van der Waals surface area (Å²) in [6.45, 7) is 6.64. The first-order valence-corrected chi connectivity index (χ1v) is 12.2. The van der Waals surface area contributed by atoms with Crippen molar-refractivity contribution in [3.8, 4) is 6.07 Å². The normalized spacial score (nSPS) is 19.7. The Morgan fingerprint density at radius 1 is 1.15 bits per heavy atom.